The van der Waals surface area contributed by atoms with Gasteiger partial charge in [-0.3, -0.25) is 9.67 Å². The first-order valence-corrected chi connectivity index (χ1v) is 11.8. The van der Waals surface area contributed by atoms with Crippen LogP contribution < -0.4 is 4.74 Å². The molecule has 35 heavy (non-hydrogen) atoms. The van der Waals surface area contributed by atoms with Gasteiger partial charge in [0, 0.05) is 42.3 Å². The highest BCUT2D eigenvalue weighted by Crippen LogP contribution is 2.35. The highest BCUT2D eigenvalue weighted by atomic mass is 16.5. The van der Waals surface area contributed by atoms with E-state index < -0.39 is 0 Å². The molecule has 0 aromatic carbocycles. The van der Waals surface area contributed by atoms with Crippen molar-refractivity contribution in [3.8, 4) is 29.1 Å². The molecule has 9 heteroatoms. The molecule has 1 saturated heterocycles. The van der Waals surface area contributed by atoms with E-state index in [4.69, 9.17) is 15.1 Å². The van der Waals surface area contributed by atoms with Crippen LogP contribution in [0.25, 0.3) is 16.6 Å². The number of piperidine rings is 1. The number of ether oxygens (including phenoxy) is 1. The largest absolute Gasteiger partial charge is 0.482 e. The van der Waals surface area contributed by atoms with Crippen LogP contribution in [0.5, 0.6) is 5.75 Å². The number of nitriles is 2. The minimum absolute atomic E-state index is 0.258. The third-order valence-electron chi connectivity index (χ3n) is 6.66. The summed E-state index contributed by atoms with van der Waals surface area (Å²) < 4.78 is 10.3. The molecule has 0 saturated carbocycles. The van der Waals surface area contributed by atoms with Gasteiger partial charge in [0.2, 0.25) is 0 Å². The maximum atomic E-state index is 9.66. The van der Waals surface area contributed by atoms with Crippen molar-refractivity contribution >= 4 is 5.52 Å². The Morgan fingerprint density at radius 2 is 2.00 bits per heavy atom. The second kappa shape index (κ2) is 9.47. The van der Waals surface area contributed by atoms with Crippen LogP contribution in [0, 0.1) is 29.7 Å². The second-order valence-corrected chi connectivity index (χ2v) is 8.73. The fraction of sp³-hybridized carbons (Fsp3) is 0.346. The zero-order valence-corrected chi connectivity index (χ0v) is 19.8. The summed E-state index contributed by atoms with van der Waals surface area (Å²) in [4.78, 5) is 6.26. The van der Waals surface area contributed by atoms with Gasteiger partial charge in [-0.15, -0.1) is 0 Å². The average Bonchev–Trinajstić information content (AvgIpc) is 3.51. The van der Waals surface area contributed by atoms with Gasteiger partial charge in [0.1, 0.15) is 29.0 Å². The predicted octanol–water partition coefficient (Wildman–Crippen LogP) is 4.42. The second-order valence-electron chi connectivity index (χ2n) is 8.73. The van der Waals surface area contributed by atoms with Crippen LogP contribution in [0.4, 0.5) is 0 Å². The van der Waals surface area contributed by atoms with Gasteiger partial charge in [-0.25, -0.2) is 4.52 Å². The zero-order chi connectivity index (χ0) is 24.4. The number of rotatable bonds is 6. The van der Waals surface area contributed by atoms with Crippen molar-refractivity contribution in [1.82, 2.24) is 29.3 Å². The van der Waals surface area contributed by atoms with Gasteiger partial charge in [-0.2, -0.15) is 20.7 Å². The normalized spacial score (nSPS) is 15.0. The standard InChI is InChI=1S/C26H26N8O/c1-3-24(23-6-4-5-9-29-23)35-25-12-19(16-33-26(25)20(13-27)14-30-33)22-15-31-34(18(22)2)21-7-10-32(17-28)11-8-21/h4-6,9,12,14-16,21,24H,3,7-8,10-11H2,1-2H3/t24-/m1/s1. The van der Waals surface area contributed by atoms with Gasteiger partial charge in [0.25, 0.3) is 0 Å². The fourth-order valence-electron chi connectivity index (χ4n) is 4.76. The topological polar surface area (TPSA) is 108 Å². The van der Waals surface area contributed by atoms with Gasteiger partial charge in [-0.05, 0) is 44.4 Å². The molecular formula is C26H26N8O. The van der Waals surface area contributed by atoms with Gasteiger partial charge in [0.05, 0.1) is 24.1 Å². The van der Waals surface area contributed by atoms with Crippen LogP contribution in [0.15, 0.2) is 49.1 Å². The third-order valence-corrected chi connectivity index (χ3v) is 6.66. The maximum Gasteiger partial charge on any atom is 0.179 e. The number of pyridine rings is 2. The Morgan fingerprint density at radius 3 is 2.69 bits per heavy atom. The summed E-state index contributed by atoms with van der Waals surface area (Å²) in [7, 11) is 0. The number of aromatic nitrogens is 5. The smallest absolute Gasteiger partial charge is 0.179 e. The lowest BCUT2D eigenvalue weighted by Gasteiger charge is -2.29. The quantitative estimate of drug-likeness (QED) is 0.387. The fourth-order valence-corrected chi connectivity index (χ4v) is 4.76. The first-order chi connectivity index (χ1) is 17.1. The molecule has 1 aliphatic rings. The van der Waals surface area contributed by atoms with Crippen molar-refractivity contribution < 1.29 is 4.74 Å². The van der Waals surface area contributed by atoms with Crippen molar-refractivity contribution in [2.24, 2.45) is 0 Å². The first-order valence-electron chi connectivity index (χ1n) is 11.8. The van der Waals surface area contributed by atoms with E-state index in [1.54, 1.807) is 21.8 Å². The highest BCUT2D eigenvalue weighted by molar-refractivity contribution is 5.76. The summed E-state index contributed by atoms with van der Waals surface area (Å²) in [6, 6.07) is 10.2. The summed E-state index contributed by atoms with van der Waals surface area (Å²) in [6.07, 6.45) is 11.6. The molecule has 0 aliphatic carbocycles. The Kier molecular flexibility index (Phi) is 6.07. The minimum atomic E-state index is -0.258. The molecule has 5 heterocycles. The first kappa shape index (κ1) is 22.4. The number of hydrogen-bond donors (Lipinski definition) is 0. The molecule has 1 fully saturated rings. The number of nitrogens with zero attached hydrogens (tertiary/aromatic N) is 8. The van der Waals surface area contributed by atoms with Crippen LogP contribution in [0.1, 0.15) is 55.3 Å². The summed E-state index contributed by atoms with van der Waals surface area (Å²) in [5, 5.41) is 27.9. The lowest BCUT2D eigenvalue weighted by atomic mass is 10.0. The van der Waals surface area contributed by atoms with Crippen LogP contribution in [0.2, 0.25) is 0 Å². The van der Waals surface area contributed by atoms with E-state index in [-0.39, 0.29) is 12.1 Å². The molecular weight excluding hydrogens is 440 g/mol. The lowest BCUT2D eigenvalue weighted by Crippen LogP contribution is -2.31. The van der Waals surface area contributed by atoms with Crippen molar-refractivity contribution in [2.45, 2.75) is 45.3 Å². The molecule has 0 unspecified atom stereocenters. The van der Waals surface area contributed by atoms with Gasteiger partial charge < -0.3 is 9.64 Å². The monoisotopic (exact) mass is 466 g/mol. The third kappa shape index (κ3) is 4.17. The summed E-state index contributed by atoms with van der Waals surface area (Å²) >= 11 is 0. The summed E-state index contributed by atoms with van der Waals surface area (Å²) in [5.41, 5.74) is 4.88. The van der Waals surface area contributed by atoms with Crippen LogP contribution in [-0.2, 0) is 0 Å². The number of hydrogen-bond acceptors (Lipinski definition) is 7. The Hall–Kier alpha value is -4.37. The Labute approximate surface area is 203 Å². The van der Waals surface area contributed by atoms with E-state index in [0.717, 1.165) is 54.9 Å². The van der Waals surface area contributed by atoms with Gasteiger partial charge >= 0.3 is 0 Å². The van der Waals surface area contributed by atoms with Crippen molar-refractivity contribution in [2.75, 3.05) is 13.1 Å². The molecule has 0 N–H and O–H groups in total. The van der Waals surface area contributed by atoms with Gasteiger partial charge in [0.15, 0.2) is 6.19 Å². The van der Waals surface area contributed by atoms with E-state index in [1.165, 1.54) is 0 Å². The van der Waals surface area contributed by atoms with E-state index in [0.29, 0.717) is 16.8 Å². The molecule has 0 bridgehead atoms. The maximum absolute atomic E-state index is 9.66. The number of fused-ring (bicyclic) bond motifs is 1. The van der Waals surface area contributed by atoms with E-state index in [2.05, 4.69) is 34.0 Å². The van der Waals surface area contributed by atoms with Crippen molar-refractivity contribution in [1.29, 1.82) is 10.5 Å². The Morgan fingerprint density at radius 1 is 1.17 bits per heavy atom. The minimum Gasteiger partial charge on any atom is -0.482 e. The SMILES string of the molecule is CC[C@@H](Oc1cc(-c2cnn(C3CCN(C#N)CC3)c2C)cn2ncc(C#N)c12)c1ccccn1. The van der Waals surface area contributed by atoms with E-state index in [9.17, 15) is 5.26 Å². The van der Waals surface area contributed by atoms with Crippen LogP contribution in [0.3, 0.4) is 0 Å². The van der Waals surface area contributed by atoms with Crippen LogP contribution >= 0.6 is 0 Å². The van der Waals surface area contributed by atoms with Crippen molar-refractivity contribution in [3.05, 3.63) is 66.0 Å². The van der Waals surface area contributed by atoms with Gasteiger partial charge in [-0.1, -0.05) is 13.0 Å². The number of likely N-dealkylation sites (tertiary alicyclic amines) is 1. The molecule has 4 aromatic rings. The lowest BCUT2D eigenvalue weighted by molar-refractivity contribution is 0.198. The summed E-state index contributed by atoms with van der Waals surface area (Å²) in [5.74, 6) is 0.587. The van der Waals surface area contributed by atoms with E-state index >= 15 is 0 Å². The predicted molar refractivity (Wildman–Crippen MR) is 129 cm³/mol. The molecule has 9 nitrogen and oxygen atoms in total. The Bertz CT molecular complexity index is 1420. The molecule has 1 atom stereocenters. The molecule has 4 aromatic heterocycles. The van der Waals surface area contributed by atoms with E-state index in [1.807, 2.05) is 43.6 Å². The zero-order valence-electron chi connectivity index (χ0n) is 19.8. The molecule has 1 aliphatic heterocycles. The average molecular weight is 467 g/mol. The molecule has 0 amide bonds. The summed E-state index contributed by atoms with van der Waals surface area (Å²) in [6.45, 7) is 5.61. The highest BCUT2D eigenvalue weighted by Gasteiger charge is 2.24. The molecule has 0 spiro atoms. The van der Waals surface area contributed by atoms with Crippen LogP contribution in [-0.4, -0.2) is 42.4 Å². The molecule has 5 rings (SSSR count). The Balaban J connectivity index is 1.53. The van der Waals surface area contributed by atoms with Crippen molar-refractivity contribution in [3.63, 3.8) is 0 Å². The molecule has 0 radical (unpaired) electrons. The molecule has 176 valence electrons.